The molecule has 2 fully saturated rings. The number of hydrogen-bond donors (Lipinski definition) is 0. The van der Waals surface area contributed by atoms with E-state index in [1.807, 2.05) is 0 Å². The molecule has 2 saturated heterocycles. The van der Waals surface area contributed by atoms with Crippen LogP contribution in [0.25, 0.3) is 0 Å². The van der Waals surface area contributed by atoms with Crippen LogP contribution in [0.1, 0.15) is 19.3 Å². The van der Waals surface area contributed by atoms with Crippen molar-refractivity contribution in [1.29, 1.82) is 0 Å². The van der Waals surface area contributed by atoms with Gasteiger partial charge in [-0.05, 0) is 28.8 Å². The molecule has 0 aromatic carbocycles. The molecule has 6 heteroatoms. The van der Waals surface area contributed by atoms with Crippen LogP contribution in [0.2, 0.25) is 0 Å². The van der Waals surface area contributed by atoms with Gasteiger partial charge in [-0.2, -0.15) is 0 Å². The van der Waals surface area contributed by atoms with Crippen molar-refractivity contribution in [3.05, 3.63) is 28.4 Å². The number of aromatic nitrogens is 1. The maximum atomic E-state index is 10.6. The zero-order valence-electron chi connectivity index (χ0n) is 10.0. The minimum absolute atomic E-state index is 0.0278. The van der Waals surface area contributed by atoms with E-state index in [4.69, 9.17) is 4.74 Å². The first-order valence-corrected chi connectivity index (χ1v) is 6.18. The maximum Gasteiger partial charge on any atom is 0.363 e. The predicted molar refractivity (Wildman–Crippen MR) is 65.6 cm³/mol. The molecule has 6 nitrogen and oxygen atoms in total. The molecule has 96 valence electrons. The van der Waals surface area contributed by atoms with Gasteiger partial charge in [0, 0.05) is 25.6 Å². The van der Waals surface area contributed by atoms with E-state index in [1.165, 1.54) is 6.07 Å². The summed E-state index contributed by atoms with van der Waals surface area (Å²) in [5.74, 6) is -0.106. The molecule has 18 heavy (non-hydrogen) atoms. The van der Waals surface area contributed by atoms with Gasteiger partial charge >= 0.3 is 5.82 Å². The summed E-state index contributed by atoms with van der Waals surface area (Å²) in [5.41, 5.74) is 0.968. The van der Waals surface area contributed by atoms with E-state index < -0.39 is 4.92 Å². The monoisotopic (exact) mass is 249 g/mol. The highest BCUT2D eigenvalue weighted by Crippen LogP contribution is 2.36. The first kappa shape index (κ1) is 11.4. The Morgan fingerprint density at radius 2 is 2.28 bits per heavy atom. The first-order chi connectivity index (χ1) is 8.69. The minimum atomic E-state index is -0.476. The number of pyridine rings is 1. The lowest BCUT2D eigenvalue weighted by molar-refractivity contribution is -0.389. The Balaban J connectivity index is 1.75. The van der Waals surface area contributed by atoms with Gasteiger partial charge in [0.1, 0.15) is 0 Å². The molecule has 2 aliphatic rings. The second kappa shape index (κ2) is 4.20. The molecule has 0 aliphatic carbocycles. The van der Waals surface area contributed by atoms with Crippen molar-refractivity contribution in [1.82, 2.24) is 4.98 Å². The SMILES string of the molecule is O=[N+]([O-])c1ccc(N2CCCC3(CCO3)C2)cn1. The Kier molecular flexibility index (Phi) is 2.66. The molecule has 2 aliphatic heterocycles. The van der Waals surface area contributed by atoms with Crippen LogP contribution in [-0.4, -0.2) is 35.2 Å². The molecule has 1 aromatic heterocycles. The highest BCUT2D eigenvalue weighted by molar-refractivity contribution is 5.47. The van der Waals surface area contributed by atoms with Gasteiger partial charge in [-0.25, -0.2) is 0 Å². The molecule has 3 rings (SSSR count). The molecule has 1 spiro atoms. The van der Waals surface area contributed by atoms with Gasteiger partial charge in [-0.15, -0.1) is 0 Å². The Hall–Kier alpha value is -1.69. The van der Waals surface area contributed by atoms with E-state index in [2.05, 4.69) is 9.88 Å². The Morgan fingerprint density at radius 3 is 2.83 bits per heavy atom. The van der Waals surface area contributed by atoms with Crippen molar-refractivity contribution < 1.29 is 9.66 Å². The third-order valence-corrected chi connectivity index (χ3v) is 3.79. The topological polar surface area (TPSA) is 68.5 Å². The van der Waals surface area contributed by atoms with E-state index in [1.54, 1.807) is 12.3 Å². The van der Waals surface area contributed by atoms with E-state index in [0.29, 0.717) is 0 Å². The fourth-order valence-corrected chi connectivity index (χ4v) is 2.70. The predicted octanol–water partition coefficient (Wildman–Crippen LogP) is 1.75. The molecule has 1 atom stereocenters. The summed E-state index contributed by atoms with van der Waals surface area (Å²) in [6.07, 6.45) is 4.90. The van der Waals surface area contributed by atoms with Gasteiger partial charge in [0.2, 0.25) is 0 Å². The molecule has 3 heterocycles. The number of piperidine rings is 1. The molecular formula is C12H15N3O3. The number of rotatable bonds is 2. The third kappa shape index (κ3) is 1.92. The van der Waals surface area contributed by atoms with Crippen molar-refractivity contribution in [2.24, 2.45) is 0 Å². The normalized spacial score (nSPS) is 27.0. The van der Waals surface area contributed by atoms with E-state index >= 15 is 0 Å². The molecule has 0 N–H and O–H groups in total. The number of ether oxygens (including phenoxy) is 1. The first-order valence-electron chi connectivity index (χ1n) is 6.18. The second-order valence-electron chi connectivity index (χ2n) is 4.94. The average Bonchev–Trinajstić information content (AvgIpc) is 2.37. The molecule has 0 amide bonds. The van der Waals surface area contributed by atoms with Crippen LogP contribution in [-0.2, 0) is 4.74 Å². The smallest absolute Gasteiger partial charge is 0.363 e. The van der Waals surface area contributed by atoms with Crippen molar-refractivity contribution in [3.8, 4) is 0 Å². The van der Waals surface area contributed by atoms with Crippen molar-refractivity contribution >= 4 is 11.5 Å². The van der Waals surface area contributed by atoms with E-state index in [0.717, 1.165) is 44.6 Å². The lowest BCUT2D eigenvalue weighted by atomic mass is 9.86. The Labute approximate surface area is 105 Å². The van der Waals surface area contributed by atoms with E-state index in [-0.39, 0.29) is 11.4 Å². The van der Waals surface area contributed by atoms with Crippen LogP contribution in [0.3, 0.4) is 0 Å². The zero-order chi connectivity index (χ0) is 12.6. The fraction of sp³-hybridized carbons (Fsp3) is 0.583. The Bertz CT molecular complexity index is 456. The lowest BCUT2D eigenvalue weighted by Gasteiger charge is -2.48. The molecule has 0 saturated carbocycles. The maximum absolute atomic E-state index is 10.6. The molecular weight excluding hydrogens is 234 g/mol. The lowest BCUT2D eigenvalue weighted by Crippen LogP contribution is -2.56. The van der Waals surface area contributed by atoms with Gasteiger partial charge in [0.05, 0.1) is 17.9 Å². The van der Waals surface area contributed by atoms with Crippen LogP contribution >= 0.6 is 0 Å². The second-order valence-corrected chi connectivity index (χ2v) is 4.94. The van der Waals surface area contributed by atoms with Crippen molar-refractivity contribution in [2.75, 3.05) is 24.6 Å². The number of hydrogen-bond acceptors (Lipinski definition) is 5. The Morgan fingerprint density at radius 1 is 1.44 bits per heavy atom. The fourth-order valence-electron chi connectivity index (χ4n) is 2.70. The average molecular weight is 249 g/mol. The number of nitro groups is 1. The molecule has 1 aromatic rings. The standard InChI is InChI=1S/C12H15N3O3/c16-15(17)11-3-2-10(8-13-11)14-6-1-4-12(9-14)5-7-18-12/h2-3,8H,1,4-7,9H2. The quantitative estimate of drug-likeness (QED) is 0.590. The summed E-state index contributed by atoms with van der Waals surface area (Å²) in [6.45, 7) is 2.68. The summed E-state index contributed by atoms with van der Waals surface area (Å²) in [7, 11) is 0. The van der Waals surface area contributed by atoms with Gasteiger partial charge in [0.25, 0.3) is 0 Å². The summed E-state index contributed by atoms with van der Waals surface area (Å²) in [6, 6.07) is 3.22. The van der Waals surface area contributed by atoms with Crippen LogP contribution in [0, 0.1) is 10.1 Å². The van der Waals surface area contributed by atoms with Gasteiger partial charge in [-0.1, -0.05) is 0 Å². The number of nitrogens with zero attached hydrogens (tertiary/aromatic N) is 3. The highest BCUT2D eigenvalue weighted by atomic mass is 16.6. The molecule has 0 bridgehead atoms. The van der Waals surface area contributed by atoms with Gasteiger partial charge in [0.15, 0.2) is 6.20 Å². The summed E-state index contributed by atoms with van der Waals surface area (Å²) >= 11 is 0. The van der Waals surface area contributed by atoms with Gasteiger partial charge < -0.3 is 19.8 Å². The van der Waals surface area contributed by atoms with Crippen molar-refractivity contribution in [2.45, 2.75) is 24.9 Å². The van der Waals surface area contributed by atoms with Crippen LogP contribution < -0.4 is 4.90 Å². The van der Waals surface area contributed by atoms with Crippen LogP contribution in [0.4, 0.5) is 11.5 Å². The molecule has 1 unspecified atom stereocenters. The van der Waals surface area contributed by atoms with Crippen LogP contribution in [0.5, 0.6) is 0 Å². The van der Waals surface area contributed by atoms with E-state index in [9.17, 15) is 10.1 Å². The van der Waals surface area contributed by atoms with Gasteiger partial charge in [-0.3, -0.25) is 0 Å². The highest BCUT2D eigenvalue weighted by Gasteiger charge is 2.42. The molecule has 0 radical (unpaired) electrons. The minimum Gasteiger partial charge on any atom is -0.373 e. The third-order valence-electron chi connectivity index (χ3n) is 3.79. The van der Waals surface area contributed by atoms with Crippen LogP contribution in [0.15, 0.2) is 18.3 Å². The number of anilines is 1. The largest absolute Gasteiger partial charge is 0.373 e. The summed E-state index contributed by atoms with van der Waals surface area (Å²) < 4.78 is 5.70. The summed E-state index contributed by atoms with van der Waals surface area (Å²) in [4.78, 5) is 16.2. The van der Waals surface area contributed by atoms with Crippen molar-refractivity contribution in [3.63, 3.8) is 0 Å². The zero-order valence-corrected chi connectivity index (χ0v) is 10.0. The summed E-state index contributed by atoms with van der Waals surface area (Å²) in [5, 5.41) is 10.6.